The molecule has 0 aromatic heterocycles. The molecule has 3 N–H and O–H groups in total. The first kappa shape index (κ1) is 9.01. The average molecular weight is 156 g/mol. The minimum absolute atomic E-state index is 0.0696. The Morgan fingerprint density at radius 3 is 2.09 bits per heavy atom. The van der Waals surface area contributed by atoms with Crippen LogP contribution in [0.15, 0.2) is 0 Å². The Bertz CT molecular complexity index is 122. The van der Waals surface area contributed by atoms with Crippen molar-refractivity contribution in [3.05, 3.63) is 0 Å². The van der Waals surface area contributed by atoms with Gasteiger partial charge in [0, 0.05) is 11.6 Å². The van der Waals surface area contributed by atoms with Crippen molar-refractivity contribution in [2.45, 2.75) is 44.7 Å². The van der Waals surface area contributed by atoms with Gasteiger partial charge < -0.3 is 11.1 Å². The van der Waals surface area contributed by atoms with Gasteiger partial charge in [0.25, 0.3) is 0 Å². The van der Waals surface area contributed by atoms with Crippen molar-refractivity contribution in [2.24, 2.45) is 11.7 Å². The molecule has 0 aliphatic heterocycles. The van der Waals surface area contributed by atoms with Crippen LogP contribution in [-0.4, -0.2) is 18.6 Å². The Morgan fingerprint density at radius 1 is 1.45 bits per heavy atom. The van der Waals surface area contributed by atoms with Crippen LogP contribution in [0.5, 0.6) is 0 Å². The van der Waals surface area contributed by atoms with Gasteiger partial charge in [-0.1, -0.05) is 6.42 Å². The van der Waals surface area contributed by atoms with Crippen LogP contribution in [0.3, 0.4) is 0 Å². The van der Waals surface area contributed by atoms with Gasteiger partial charge in [-0.2, -0.15) is 0 Å². The van der Waals surface area contributed by atoms with E-state index >= 15 is 0 Å². The summed E-state index contributed by atoms with van der Waals surface area (Å²) in [5.74, 6) is 0.819. The summed E-state index contributed by atoms with van der Waals surface area (Å²) in [6.45, 7) is 4.21. The number of hydrogen-bond acceptors (Lipinski definition) is 2. The molecule has 1 rings (SSSR count). The maximum absolute atomic E-state index is 6.04. The van der Waals surface area contributed by atoms with Crippen molar-refractivity contribution in [2.75, 3.05) is 7.05 Å². The predicted molar refractivity (Wildman–Crippen MR) is 48.5 cm³/mol. The quantitative estimate of drug-likeness (QED) is 0.642. The average Bonchev–Trinajstić information content (AvgIpc) is 1.74. The molecule has 0 radical (unpaired) electrons. The highest BCUT2D eigenvalue weighted by Gasteiger charge is 2.34. The van der Waals surface area contributed by atoms with Crippen LogP contribution in [0.2, 0.25) is 0 Å². The Kier molecular flexibility index (Phi) is 2.55. The number of hydrogen-bond donors (Lipinski definition) is 2. The van der Waals surface area contributed by atoms with E-state index < -0.39 is 0 Å². The Morgan fingerprint density at radius 2 is 2.00 bits per heavy atom. The third-order valence-electron chi connectivity index (χ3n) is 2.73. The van der Waals surface area contributed by atoms with Crippen molar-refractivity contribution in [3.63, 3.8) is 0 Å². The summed E-state index contributed by atoms with van der Waals surface area (Å²) in [5.41, 5.74) is 5.97. The van der Waals surface area contributed by atoms with E-state index in [9.17, 15) is 0 Å². The highest BCUT2D eigenvalue weighted by Crippen LogP contribution is 2.32. The summed E-state index contributed by atoms with van der Waals surface area (Å²) in [6.07, 6.45) is 4.09. The fourth-order valence-electron chi connectivity index (χ4n) is 1.99. The van der Waals surface area contributed by atoms with E-state index in [2.05, 4.69) is 19.2 Å². The summed E-state index contributed by atoms with van der Waals surface area (Å²) in [4.78, 5) is 0. The number of rotatable bonds is 3. The lowest BCUT2D eigenvalue weighted by molar-refractivity contribution is 0.176. The molecular weight excluding hydrogens is 136 g/mol. The van der Waals surface area contributed by atoms with E-state index in [1.54, 1.807) is 0 Å². The summed E-state index contributed by atoms with van der Waals surface area (Å²) in [7, 11) is 2.01. The van der Waals surface area contributed by atoms with Gasteiger partial charge in [0.15, 0.2) is 0 Å². The van der Waals surface area contributed by atoms with Gasteiger partial charge in [-0.25, -0.2) is 0 Å². The predicted octanol–water partition coefficient (Wildman–Crippen LogP) is 1.11. The second kappa shape index (κ2) is 3.11. The monoisotopic (exact) mass is 156 g/mol. The van der Waals surface area contributed by atoms with Crippen LogP contribution in [0.25, 0.3) is 0 Å². The zero-order valence-corrected chi connectivity index (χ0v) is 7.85. The standard InChI is InChI=1S/C9H20N2/c1-9(2,10)8(11-3)7-5-4-6-7/h7-8,11H,4-6,10H2,1-3H3. The Labute approximate surface area is 69.5 Å². The molecule has 11 heavy (non-hydrogen) atoms. The highest BCUT2D eigenvalue weighted by atomic mass is 15.0. The fraction of sp³-hybridized carbons (Fsp3) is 1.00. The van der Waals surface area contributed by atoms with Crippen LogP contribution < -0.4 is 11.1 Å². The minimum Gasteiger partial charge on any atom is -0.324 e. The zero-order chi connectivity index (χ0) is 8.48. The van der Waals surface area contributed by atoms with Gasteiger partial charge in [0.2, 0.25) is 0 Å². The van der Waals surface area contributed by atoms with Gasteiger partial charge in [-0.15, -0.1) is 0 Å². The minimum atomic E-state index is -0.0696. The van der Waals surface area contributed by atoms with Crippen molar-refractivity contribution in [3.8, 4) is 0 Å². The van der Waals surface area contributed by atoms with Gasteiger partial charge in [0.1, 0.15) is 0 Å². The van der Waals surface area contributed by atoms with Crippen LogP contribution in [0, 0.1) is 5.92 Å². The second-order valence-corrected chi connectivity index (χ2v) is 4.28. The fourth-order valence-corrected chi connectivity index (χ4v) is 1.99. The lowest BCUT2D eigenvalue weighted by Gasteiger charge is -2.41. The number of likely N-dealkylation sites (N-methyl/N-ethyl adjacent to an activating group) is 1. The molecule has 0 saturated heterocycles. The molecule has 66 valence electrons. The summed E-state index contributed by atoms with van der Waals surface area (Å²) in [6, 6.07) is 0.497. The van der Waals surface area contributed by atoms with E-state index in [4.69, 9.17) is 5.73 Å². The van der Waals surface area contributed by atoms with Gasteiger partial charge in [-0.3, -0.25) is 0 Å². The topological polar surface area (TPSA) is 38.0 Å². The summed E-state index contributed by atoms with van der Waals surface area (Å²) in [5, 5.41) is 3.32. The molecule has 0 spiro atoms. The van der Waals surface area contributed by atoms with E-state index in [0.717, 1.165) is 5.92 Å². The molecular formula is C9H20N2. The number of nitrogens with one attached hydrogen (secondary N) is 1. The van der Waals surface area contributed by atoms with E-state index in [0.29, 0.717) is 6.04 Å². The van der Waals surface area contributed by atoms with Crippen LogP contribution in [0.4, 0.5) is 0 Å². The van der Waals surface area contributed by atoms with Crippen molar-refractivity contribution >= 4 is 0 Å². The van der Waals surface area contributed by atoms with Crippen LogP contribution in [-0.2, 0) is 0 Å². The van der Waals surface area contributed by atoms with Gasteiger partial charge in [0.05, 0.1) is 0 Å². The Hall–Kier alpha value is -0.0800. The molecule has 0 aromatic carbocycles. The molecule has 0 heterocycles. The number of nitrogens with two attached hydrogens (primary N) is 1. The lowest BCUT2D eigenvalue weighted by atomic mass is 9.73. The van der Waals surface area contributed by atoms with Crippen LogP contribution in [0.1, 0.15) is 33.1 Å². The third kappa shape index (κ3) is 1.94. The van der Waals surface area contributed by atoms with Crippen LogP contribution >= 0.6 is 0 Å². The molecule has 0 amide bonds. The van der Waals surface area contributed by atoms with Crippen molar-refractivity contribution in [1.82, 2.24) is 5.32 Å². The third-order valence-corrected chi connectivity index (χ3v) is 2.73. The molecule has 2 nitrogen and oxygen atoms in total. The molecule has 1 aliphatic rings. The normalized spacial score (nSPS) is 22.9. The SMILES string of the molecule is CNC(C1CCC1)C(C)(C)N. The summed E-state index contributed by atoms with van der Waals surface area (Å²) < 4.78 is 0. The van der Waals surface area contributed by atoms with E-state index in [1.807, 2.05) is 7.05 Å². The molecule has 1 aliphatic carbocycles. The molecule has 1 unspecified atom stereocenters. The first-order valence-electron chi connectivity index (χ1n) is 4.52. The maximum atomic E-state index is 6.04. The zero-order valence-electron chi connectivity index (χ0n) is 7.85. The van der Waals surface area contributed by atoms with Gasteiger partial charge in [-0.05, 0) is 39.7 Å². The maximum Gasteiger partial charge on any atom is 0.0267 e. The summed E-state index contributed by atoms with van der Waals surface area (Å²) >= 11 is 0. The Balaban J connectivity index is 2.48. The smallest absolute Gasteiger partial charge is 0.0267 e. The van der Waals surface area contributed by atoms with E-state index in [-0.39, 0.29) is 5.54 Å². The molecule has 0 bridgehead atoms. The van der Waals surface area contributed by atoms with E-state index in [1.165, 1.54) is 19.3 Å². The van der Waals surface area contributed by atoms with Gasteiger partial charge >= 0.3 is 0 Å². The molecule has 1 saturated carbocycles. The second-order valence-electron chi connectivity index (χ2n) is 4.28. The van der Waals surface area contributed by atoms with Crippen molar-refractivity contribution < 1.29 is 0 Å². The molecule has 1 atom stereocenters. The largest absolute Gasteiger partial charge is 0.324 e. The molecule has 1 fully saturated rings. The molecule has 2 heteroatoms. The first-order chi connectivity index (χ1) is 5.05. The first-order valence-corrected chi connectivity index (χ1v) is 4.52. The highest BCUT2D eigenvalue weighted by molar-refractivity contribution is 4.94. The lowest BCUT2D eigenvalue weighted by Crippen LogP contribution is -2.57. The van der Waals surface area contributed by atoms with Crippen molar-refractivity contribution in [1.29, 1.82) is 0 Å². The molecule has 0 aromatic rings.